The summed E-state index contributed by atoms with van der Waals surface area (Å²) in [6.07, 6.45) is 0. The summed E-state index contributed by atoms with van der Waals surface area (Å²) in [5.74, 6) is 7.77. The van der Waals surface area contributed by atoms with Gasteiger partial charge in [-0.05, 0) is 185 Å². The Morgan fingerprint density at radius 2 is 0.679 bits per heavy atom. The van der Waals surface area contributed by atoms with Crippen LogP contribution in [0.4, 0.5) is 0 Å². The Hall–Kier alpha value is -8.26. The molecule has 600 valence electrons. The molecule has 0 aromatic heterocycles. The zero-order valence-corrected chi connectivity index (χ0v) is 73.9. The second kappa shape index (κ2) is 37.2. The summed E-state index contributed by atoms with van der Waals surface area (Å²) < 4.78 is 53.3. The minimum atomic E-state index is -0.529. The molecule has 3 aliphatic heterocycles. The number of benzene rings is 8. The average molecular weight is 1540 g/mol. The number of halogens is 2. The van der Waals surface area contributed by atoms with Crippen LogP contribution in [0.25, 0.3) is 0 Å². The maximum Gasteiger partial charge on any atom is 0.246 e. The maximum absolute atomic E-state index is 9.53. The number of hydrogen-bond acceptors (Lipinski definition) is 13. The van der Waals surface area contributed by atoms with Crippen molar-refractivity contribution in [2.45, 2.75) is 255 Å². The smallest absolute Gasteiger partial charge is 0.246 e. The summed E-state index contributed by atoms with van der Waals surface area (Å²) >= 11 is 11.7. The van der Waals surface area contributed by atoms with Crippen LogP contribution in [0.2, 0.25) is 10.0 Å². The molecule has 0 amide bonds. The zero-order valence-electron chi connectivity index (χ0n) is 72.4. The van der Waals surface area contributed by atoms with Gasteiger partial charge in [0.15, 0.2) is 46.0 Å². The molecule has 3 N–H and O–H groups in total. The van der Waals surface area contributed by atoms with E-state index in [2.05, 4.69) is 229 Å². The molecule has 109 heavy (non-hydrogen) atoms. The molecule has 15 heteroatoms. The van der Waals surface area contributed by atoms with Crippen LogP contribution in [0.5, 0.6) is 74.7 Å². The zero-order chi connectivity index (χ0) is 83.2. The van der Waals surface area contributed by atoms with Crippen LogP contribution >= 0.6 is 23.2 Å². The van der Waals surface area contributed by atoms with Crippen LogP contribution in [0.3, 0.4) is 0 Å². The molecule has 0 saturated carbocycles. The lowest BCUT2D eigenvalue weighted by Crippen LogP contribution is -2.29. The van der Waals surface area contributed by atoms with Crippen molar-refractivity contribution >= 4 is 23.2 Å². The molecule has 8 aromatic rings. The highest BCUT2D eigenvalue weighted by Gasteiger charge is 2.35. The predicted molar refractivity (Wildman–Crippen MR) is 454 cm³/mol. The summed E-state index contributed by atoms with van der Waals surface area (Å²) in [5, 5.41) is 29.3. The van der Waals surface area contributed by atoms with Crippen molar-refractivity contribution in [1.29, 1.82) is 0 Å². The maximum atomic E-state index is 9.53. The minimum Gasteiger partial charge on any atom is -0.506 e. The van der Waals surface area contributed by atoms with Gasteiger partial charge >= 0.3 is 0 Å². The van der Waals surface area contributed by atoms with Gasteiger partial charge in [-0.1, -0.05) is 258 Å². The number of phenolic OH excluding ortho intramolecular Hbond substituents is 3. The molecule has 3 aliphatic rings. The van der Waals surface area contributed by atoms with E-state index in [-0.39, 0.29) is 72.8 Å². The first-order chi connectivity index (χ1) is 49.8. The quantitative estimate of drug-likeness (QED) is 0.150. The SMILES string of the molecule is CC(C)(C)c1ccc(Cl)c(O)c1.CC(C)(C)c1ccc2c(c1)C(C)(C)CO2.CC1(C)Oc2ccc(C(C)(C)C)cc2O1.COc1cc(C(C)(C)C)cc2c1OCO2.COc1cc(C(C)(C)C)ccc1O.COc1ccc(C(C)(C)C)cc1C.COc1ccc(C(C)(C)C)cc1Cl.COc1ccc(C(C)(C)C)cc1O. The molecule has 11 rings (SSSR count). The largest absolute Gasteiger partial charge is 0.506 e. The number of hydrogen-bond donors (Lipinski definition) is 3. The summed E-state index contributed by atoms with van der Waals surface area (Å²) in [7, 11) is 8.08. The van der Waals surface area contributed by atoms with E-state index in [1.807, 2.05) is 80.6 Å². The van der Waals surface area contributed by atoms with Gasteiger partial charge in [0.1, 0.15) is 23.0 Å². The van der Waals surface area contributed by atoms with Crippen LogP contribution in [-0.2, 0) is 48.7 Å². The van der Waals surface area contributed by atoms with E-state index in [4.69, 9.17) is 70.6 Å². The standard InChI is InChI=1S/C14H20O.C13H18O2.C12H16O3.C12H18O.C11H15ClO.2C11H16O2.C10H13ClO/c1-13(2,3)10-6-7-12-11(8-10)14(4,5)9-15-12;1-12(2,3)9-6-7-10-11(8-9)15-13(4,5)14-10;1-12(2,3)8-5-9(13-4)11-10(6-8)14-7-15-11;1-9-8-10(12(2,3)4)6-7-11(9)13-5;2*1-11(2,3)8-5-6-10(13-4)9(12)7-8;1-11(2,3)8-5-6-9(12)10(7-8)13-4;1-10(2,3)7-4-5-8(11)9(12)6-7/h6-8H,9H2,1-5H3;6-8H,1-5H3;5-6H,7H2,1-4H3;6-8H,1-5H3;5-7H,1-4H3;2*5-7,12H,1-4H3;4-6,12H,1-3H3. The van der Waals surface area contributed by atoms with Crippen LogP contribution in [0.15, 0.2) is 140 Å². The van der Waals surface area contributed by atoms with Crippen molar-refractivity contribution in [3.8, 4) is 74.7 Å². The van der Waals surface area contributed by atoms with E-state index in [1.165, 1.54) is 38.9 Å². The van der Waals surface area contributed by atoms with E-state index in [1.54, 1.807) is 65.9 Å². The van der Waals surface area contributed by atoms with Crippen molar-refractivity contribution in [1.82, 2.24) is 0 Å². The molecule has 0 radical (unpaired) electrons. The first-order valence-corrected chi connectivity index (χ1v) is 38.1. The van der Waals surface area contributed by atoms with Gasteiger partial charge in [-0.15, -0.1) is 0 Å². The fraction of sp³-hybridized carbons (Fsp3) is 0.489. The number of methoxy groups -OCH3 is 5. The van der Waals surface area contributed by atoms with Gasteiger partial charge < -0.3 is 62.7 Å². The molecule has 0 atom stereocenters. The molecule has 3 heterocycles. The van der Waals surface area contributed by atoms with Crippen LogP contribution in [-0.4, -0.2) is 70.1 Å². The Balaban J connectivity index is 0.000000263. The van der Waals surface area contributed by atoms with Crippen molar-refractivity contribution in [2.24, 2.45) is 0 Å². The lowest BCUT2D eigenvalue weighted by atomic mass is 9.81. The van der Waals surface area contributed by atoms with Crippen LogP contribution in [0, 0.1) is 6.92 Å². The third kappa shape index (κ3) is 27.9. The number of aromatic hydroxyl groups is 3. The lowest BCUT2D eigenvalue weighted by molar-refractivity contribution is -0.0431. The van der Waals surface area contributed by atoms with Gasteiger partial charge in [-0.2, -0.15) is 0 Å². The van der Waals surface area contributed by atoms with E-state index in [0.717, 1.165) is 63.5 Å². The third-order valence-electron chi connectivity index (χ3n) is 18.4. The predicted octanol–water partition coefficient (Wildman–Crippen LogP) is 25.6. The van der Waals surface area contributed by atoms with Crippen LogP contribution in [0.1, 0.15) is 249 Å². The molecule has 0 aliphatic carbocycles. The molecule has 0 saturated heterocycles. The molecule has 13 nitrogen and oxygen atoms in total. The van der Waals surface area contributed by atoms with E-state index < -0.39 is 5.79 Å². The molecule has 0 spiro atoms. The highest BCUT2D eigenvalue weighted by molar-refractivity contribution is 6.32. The summed E-state index contributed by atoms with van der Waals surface area (Å²) in [4.78, 5) is 0. The van der Waals surface area contributed by atoms with Gasteiger partial charge in [0, 0.05) is 24.8 Å². The highest BCUT2D eigenvalue weighted by Crippen LogP contribution is 2.46. The Kier molecular flexibility index (Phi) is 31.8. The number of ether oxygens (including phenoxy) is 10. The first-order valence-electron chi connectivity index (χ1n) is 37.3. The molecular formula is C94H132Cl2O13. The summed E-state index contributed by atoms with van der Waals surface area (Å²) in [5.41, 5.74) is 13.5. The second-order valence-electron chi connectivity index (χ2n) is 37.0. The van der Waals surface area contributed by atoms with E-state index in [0.29, 0.717) is 27.3 Å². The Morgan fingerprint density at radius 3 is 1.13 bits per heavy atom. The fourth-order valence-electron chi connectivity index (χ4n) is 11.0. The molecule has 0 fully saturated rings. The molecule has 0 bridgehead atoms. The van der Waals surface area contributed by atoms with Crippen molar-refractivity contribution in [3.63, 3.8) is 0 Å². The number of phenols is 3. The van der Waals surface area contributed by atoms with Gasteiger partial charge in [-0.25, -0.2) is 0 Å². The Bertz CT molecular complexity index is 4110. The molecule has 8 aromatic carbocycles. The minimum absolute atomic E-state index is 0.0576. The summed E-state index contributed by atoms with van der Waals surface area (Å²) in [6, 6.07) is 45.4. The topological polar surface area (TPSA) is 153 Å². The highest BCUT2D eigenvalue weighted by atomic mass is 35.5. The van der Waals surface area contributed by atoms with E-state index in [9.17, 15) is 15.3 Å². The third-order valence-corrected chi connectivity index (χ3v) is 19.0. The molecular weight excluding hydrogens is 1410 g/mol. The molecule has 0 unspecified atom stereocenters. The number of aryl methyl sites for hydroxylation is 1. The number of fused-ring (bicyclic) bond motifs is 3. The first kappa shape index (κ1) is 93.1. The lowest BCUT2D eigenvalue weighted by Gasteiger charge is -2.22. The van der Waals surface area contributed by atoms with Crippen LogP contribution < -0.4 is 47.4 Å². The monoisotopic (exact) mass is 1540 g/mol. The van der Waals surface area contributed by atoms with Crippen molar-refractivity contribution in [2.75, 3.05) is 48.9 Å². The van der Waals surface area contributed by atoms with Gasteiger partial charge in [-0.3, -0.25) is 0 Å². The van der Waals surface area contributed by atoms with Gasteiger partial charge in [0.25, 0.3) is 0 Å². The Morgan fingerprint density at radius 1 is 0.312 bits per heavy atom. The normalized spacial score (nSPS) is 13.7. The van der Waals surface area contributed by atoms with Crippen molar-refractivity contribution in [3.05, 3.63) is 205 Å². The Labute approximate surface area is 666 Å². The number of rotatable bonds is 5. The van der Waals surface area contributed by atoms with Gasteiger partial charge in [0.05, 0.1) is 52.2 Å². The second-order valence-corrected chi connectivity index (χ2v) is 37.8. The van der Waals surface area contributed by atoms with E-state index >= 15 is 0 Å². The fourth-order valence-corrected chi connectivity index (χ4v) is 11.4. The summed E-state index contributed by atoms with van der Waals surface area (Å²) in [6.45, 7) is 63.4. The van der Waals surface area contributed by atoms with Gasteiger partial charge in [0.2, 0.25) is 18.3 Å². The van der Waals surface area contributed by atoms with Crippen molar-refractivity contribution < 1.29 is 62.7 Å². The average Bonchev–Trinajstić information content (AvgIpc) is 1.65.